The third-order valence-electron chi connectivity index (χ3n) is 4.37. The van der Waals surface area contributed by atoms with E-state index in [2.05, 4.69) is 20.8 Å². The van der Waals surface area contributed by atoms with Crippen LogP contribution in [0.4, 0.5) is 5.69 Å². The van der Waals surface area contributed by atoms with Gasteiger partial charge in [0.05, 0.1) is 11.3 Å². The van der Waals surface area contributed by atoms with Crippen LogP contribution in [0.5, 0.6) is 0 Å². The molecular formula is C21H20N4O3S. The summed E-state index contributed by atoms with van der Waals surface area (Å²) in [6, 6.07) is 12.5. The fraction of sp³-hybridized carbons (Fsp3) is 0.238. The van der Waals surface area contributed by atoms with E-state index < -0.39 is 0 Å². The van der Waals surface area contributed by atoms with E-state index in [1.54, 1.807) is 42.6 Å². The van der Waals surface area contributed by atoms with Gasteiger partial charge < -0.3 is 15.2 Å². The number of anilines is 1. The van der Waals surface area contributed by atoms with Crippen LogP contribution < -0.4 is 10.6 Å². The minimum Gasteiger partial charge on any atom is -0.361 e. The Morgan fingerprint density at radius 3 is 2.66 bits per heavy atom. The van der Waals surface area contributed by atoms with Crippen molar-refractivity contribution >= 4 is 29.3 Å². The standard InChI is InChI=1S/C21H20N4O3S/c1-13-11-17(25-28-13)12-29-21-18(3-2-10-22-21)20(27)24-15-6-4-14(5-7-15)19(26)23-16-8-9-16/h2-7,10-11,16H,8-9,12H2,1H3,(H,23,26)(H,24,27). The van der Waals surface area contributed by atoms with Crippen LogP contribution in [0.25, 0.3) is 0 Å². The third kappa shape index (κ3) is 5.03. The Bertz CT molecular complexity index is 1030. The number of nitrogens with zero attached hydrogens (tertiary/aromatic N) is 2. The molecule has 7 nitrogen and oxygen atoms in total. The number of thioether (sulfide) groups is 1. The van der Waals surface area contributed by atoms with Crippen LogP contribution in [0, 0.1) is 6.92 Å². The zero-order valence-electron chi connectivity index (χ0n) is 15.8. The molecule has 1 aliphatic rings. The lowest BCUT2D eigenvalue weighted by Crippen LogP contribution is -2.25. The first kappa shape index (κ1) is 19.2. The number of carbonyl (C=O) groups excluding carboxylic acids is 2. The molecule has 0 saturated heterocycles. The van der Waals surface area contributed by atoms with E-state index in [9.17, 15) is 9.59 Å². The van der Waals surface area contributed by atoms with Crippen molar-refractivity contribution in [2.24, 2.45) is 0 Å². The van der Waals surface area contributed by atoms with E-state index in [-0.39, 0.29) is 11.8 Å². The molecule has 2 heterocycles. The topological polar surface area (TPSA) is 97.1 Å². The number of pyridine rings is 1. The van der Waals surface area contributed by atoms with Crippen LogP contribution >= 0.6 is 11.8 Å². The van der Waals surface area contributed by atoms with Crippen LogP contribution in [0.2, 0.25) is 0 Å². The number of nitrogens with one attached hydrogen (secondary N) is 2. The maximum atomic E-state index is 12.7. The first-order valence-corrected chi connectivity index (χ1v) is 10.3. The van der Waals surface area contributed by atoms with E-state index in [0.29, 0.717) is 33.6 Å². The Kier molecular flexibility index (Phi) is 5.62. The molecule has 2 N–H and O–H groups in total. The van der Waals surface area contributed by atoms with Crippen LogP contribution in [0.3, 0.4) is 0 Å². The predicted octanol–water partition coefficient (Wildman–Crippen LogP) is 3.81. The Balaban J connectivity index is 1.40. The SMILES string of the molecule is Cc1cc(CSc2ncccc2C(=O)Nc2ccc(C(=O)NC3CC3)cc2)no1. The average Bonchev–Trinajstić information content (AvgIpc) is 3.45. The van der Waals surface area contributed by atoms with Crippen molar-refractivity contribution in [2.75, 3.05) is 5.32 Å². The molecule has 0 atom stereocenters. The number of aromatic nitrogens is 2. The third-order valence-corrected chi connectivity index (χ3v) is 5.41. The highest BCUT2D eigenvalue weighted by atomic mass is 32.2. The molecule has 0 aliphatic heterocycles. The van der Waals surface area contributed by atoms with Gasteiger partial charge in [0.2, 0.25) is 0 Å². The van der Waals surface area contributed by atoms with Gasteiger partial charge in [-0.3, -0.25) is 9.59 Å². The van der Waals surface area contributed by atoms with Crippen LogP contribution in [-0.4, -0.2) is 28.0 Å². The normalized spacial score (nSPS) is 13.1. The predicted molar refractivity (Wildman–Crippen MR) is 110 cm³/mol. The monoisotopic (exact) mass is 408 g/mol. The van der Waals surface area contributed by atoms with Crippen LogP contribution in [0.15, 0.2) is 58.2 Å². The van der Waals surface area contributed by atoms with E-state index in [4.69, 9.17) is 4.52 Å². The smallest absolute Gasteiger partial charge is 0.258 e. The number of carbonyl (C=O) groups is 2. The van der Waals surface area contributed by atoms with Gasteiger partial charge >= 0.3 is 0 Å². The van der Waals surface area contributed by atoms with Crippen molar-refractivity contribution in [3.63, 3.8) is 0 Å². The molecule has 0 spiro atoms. The summed E-state index contributed by atoms with van der Waals surface area (Å²) >= 11 is 1.42. The molecule has 148 valence electrons. The minimum absolute atomic E-state index is 0.0839. The van der Waals surface area contributed by atoms with Crippen molar-refractivity contribution in [1.29, 1.82) is 0 Å². The van der Waals surface area contributed by atoms with E-state index >= 15 is 0 Å². The molecule has 29 heavy (non-hydrogen) atoms. The van der Waals surface area contributed by atoms with Crippen molar-refractivity contribution in [1.82, 2.24) is 15.5 Å². The fourth-order valence-corrected chi connectivity index (χ4v) is 3.58. The zero-order chi connectivity index (χ0) is 20.2. The number of rotatable bonds is 7. The molecule has 0 unspecified atom stereocenters. The Hall–Kier alpha value is -3.13. The van der Waals surface area contributed by atoms with E-state index in [0.717, 1.165) is 24.3 Å². The molecule has 4 rings (SSSR count). The summed E-state index contributed by atoms with van der Waals surface area (Å²) in [6.07, 6.45) is 3.74. The Labute approximate surface area is 172 Å². The molecule has 0 radical (unpaired) electrons. The summed E-state index contributed by atoms with van der Waals surface area (Å²) in [5.74, 6) is 0.958. The van der Waals surface area contributed by atoms with E-state index in [1.807, 2.05) is 13.0 Å². The van der Waals surface area contributed by atoms with Crippen LogP contribution in [0.1, 0.15) is 45.0 Å². The fourth-order valence-electron chi connectivity index (χ4n) is 2.71. The highest BCUT2D eigenvalue weighted by Gasteiger charge is 2.23. The molecular weight excluding hydrogens is 388 g/mol. The molecule has 1 aromatic carbocycles. The number of hydrogen-bond acceptors (Lipinski definition) is 6. The average molecular weight is 408 g/mol. The first-order valence-electron chi connectivity index (χ1n) is 9.31. The quantitative estimate of drug-likeness (QED) is 0.577. The maximum absolute atomic E-state index is 12.7. The van der Waals surface area contributed by atoms with Gasteiger partial charge in [-0.25, -0.2) is 4.98 Å². The van der Waals surface area contributed by atoms with Crippen molar-refractivity contribution in [3.05, 3.63) is 71.2 Å². The number of aryl methyl sites for hydroxylation is 1. The molecule has 2 amide bonds. The molecule has 1 aliphatic carbocycles. The van der Waals surface area contributed by atoms with E-state index in [1.165, 1.54) is 11.8 Å². The van der Waals surface area contributed by atoms with Gasteiger partial charge in [0.1, 0.15) is 10.8 Å². The lowest BCUT2D eigenvalue weighted by molar-refractivity contribution is 0.0950. The van der Waals surface area contributed by atoms with Gasteiger partial charge in [0, 0.05) is 35.3 Å². The summed E-state index contributed by atoms with van der Waals surface area (Å²) in [4.78, 5) is 29.1. The maximum Gasteiger partial charge on any atom is 0.258 e. The Morgan fingerprint density at radius 1 is 1.17 bits per heavy atom. The van der Waals surface area contributed by atoms with Gasteiger partial charge in [-0.2, -0.15) is 0 Å². The van der Waals surface area contributed by atoms with Crippen molar-refractivity contribution < 1.29 is 14.1 Å². The molecule has 1 saturated carbocycles. The Morgan fingerprint density at radius 2 is 1.97 bits per heavy atom. The summed E-state index contributed by atoms with van der Waals surface area (Å²) in [5.41, 5.74) is 2.47. The van der Waals surface area contributed by atoms with Gasteiger partial charge in [-0.05, 0) is 56.2 Å². The highest BCUT2D eigenvalue weighted by Crippen LogP contribution is 2.25. The second-order valence-electron chi connectivity index (χ2n) is 6.85. The minimum atomic E-state index is -0.257. The number of hydrogen-bond donors (Lipinski definition) is 2. The summed E-state index contributed by atoms with van der Waals surface area (Å²) in [7, 11) is 0. The number of amides is 2. The van der Waals surface area contributed by atoms with Gasteiger partial charge in [-0.1, -0.05) is 16.9 Å². The molecule has 3 aromatic rings. The summed E-state index contributed by atoms with van der Waals surface area (Å²) in [5, 5.41) is 10.4. The lowest BCUT2D eigenvalue weighted by Gasteiger charge is -2.09. The molecule has 8 heteroatoms. The summed E-state index contributed by atoms with van der Waals surface area (Å²) in [6.45, 7) is 1.83. The van der Waals surface area contributed by atoms with Gasteiger partial charge in [0.15, 0.2) is 0 Å². The number of benzene rings is 1. The molecule has 2 aromatic heterocycles. The highest BCUT2D eigenvalue weighted by molar-refractivity contribution is 7.98. The van der Waals surface area contributed by atoms with Crippen molar-refractivity contribution in [3.8, 4) is 0 Å². The first-order chi connectivity index (χ1) is 14.1. The van der Waals surface area contributed by atoms with Gasteiger partial charge in [-0.15, -0.1) is 0 Å². The molecule has 1 fully saturated rings. The lowest BCUT2D eigenvalue weighted by atomic mass is 10.2. The van der Waals surface area contributed by atoms with Gasteiger partial charge in [0.25, 0.3) is 11.8 Å². The largest absolute Gasteiger partial charge is 0.361 e. The van der Waals surface area contributed by atoms with Crippen LogP contribution in [-0.2, 0) is 5.75 Å². The van der Waals surface area contributed by atoms with Crippen molar-refractivity contribution in [2.45, 2.75) is 36.6 Å². The zero-order valence-corrected chi connectivity index (χ0v) is 16.7. The second kappa shape index (κ2) is 8.48. The second-order valence-corrected chi connectivity index (χ2v) is 7.82. The summed E-state index contributed by atoms with van der Waals surface area (Å²) < 4.78 is 5.07. The molecule has 0 bridgehead atoms.